The number of hydrogen-bond acceptors (Lipinski definition) is 1. The Bertz CT molecular complexity index is 233. The van der Waals surface area contributed by atoms with Gasteiger partial charge in [0.2, 0.25) is 6.41 Å². The maximum absolute atomic E-state index is 12.5. The third-order valence-corrected chi connectivity index (χ3v) is 1.87. The van der Waals surface area contributed by atoms with Gasteiger partial charge in [-0.1, -0.05) is 0 Å². The predicted octanol–water partition coefficient (Wildman–Crippen LogP) is 1.36. The van der Waals surface area contributed by atoms with Crippen LogP contribution in [0.15, 0.2) is 0 Å². The molecule has 1 aliphatic heterocycles. The van der Waals surface area contributed by atoms with E-state index in [-0.39, 0.29) is 11.3 Å². The molecule has 0 bridgehead atoms. The molecular formula is C6H5F6NO. The summed E-state index contributed by atoms with van der Waals surface area (Å²) in [5.41, 5.74) is 0. The lowest BCUT2D eigenvalue weighted by Crippen LogP contribution is -2.67. The molecule has 0 spiro atoms. The summed E-state index contributed by atoms with van der Waals surface area (Å²) in [5.74, 6) is -15.2. The number of likely N-dealkylation sites (tertiary alicyclic amines) is 1. The largest absolute Gasteiger partial charge is 0.375 e. The van der Waals surface area contributed by atoms with Crippen LogP contribution in [-0.4, -0.2) is 42.2 Å². The molecule has 1 rings (SSSR count). The van der Waals surface area contributed by atoms with Crippen molar-refractivity contribution in [3.63, 3.8) is 0 Å². The Morgan fingerprint density at radius 2 is 1.29 bits per heavy atom. The third-order valence-electron chi connectivity index (χ3n) is 1.87. The zero-order chi connectivity index (χ0) is 11.2. The number of piperidine rings is 1. The molecule has 8 heteroatoms. The number of nitrogens with zero attached hydrogens (tertiary/aromatic N) is 1. The third kappa shape index (κ3) is 1.32. The van der Waals surface area contributed by atoms with Gasteiger partial charge < -0.3 is 4.90 Å². The Hall–Kier alpha value is -0.950. The molecule has 1 aliphatic rings. The lowest BCUT2D eigenvalue weighted by atomic mass is 9.99. The number of halogens is 6. The Balaban J connectivity index is 3.05. The van der Waals surface area contributed by atoms with Crippen LogP contribution in [0.5, 0.6) is 0 Å². The second-order valence-corrected chi connectivity index (χ2v) is 2.99. The van der Waals surface area contributed by atoms with Gasteiger partial charge in [0.15, 0.2) is 0 Å². The average Bonchev–Trinajstić information content (AvgIpc) is 1.99. The minimum Gasteiger partial charge on any atom is -0.333 e. The summed E-state index contributed by atoms with van der Waals surface area (Å²) in [4.78, 5) is 9.89. The fourth-order valence-corrected chi connectivity index (χ4v) is 1.11. The standard InChI is InChI=1S/C6H5F6NO/c7-4(8)1-13(3-14)2-5(9,10)6(4,11)12/h3H,1-2H2. The van der Waals surface area contributed by atoms with Crippen LogP contribution in [0.25, 0.3) is 0 Å². The SMILES string of the molecule is O=CN1CC(F)(F)C(F)(F)C(F)(F)C1. The smallest absolute Gasteiger partial charge is 0.333 e. The molecule has 82 valence electrons. The number of alkyl halides is 6. The molecule has 2 nitrogen and oxygen atoms in total. The van der Waals surface area contributed by atoms with E-state index in [9.17, 15) is 31.1 Å². The van der Waals surface area contributed by atoms with Crippen LogP contribution < -0.4 is 0 Å². The van der Waals surface area contributed by atoms with Gasteiger partial charge in [0.1, 0.15) is 0 Å². The van der Waals surface area contributed by atoms with Crippen molar-refractivity contribution < 1.29 is 31.1 Å². The van der Waals surface area contributed by atoms with Gasteiger partial charge in [0.25, 0.3) is 0 Å². The zero-order valence-corrected chi connectivity index (χ0v) is 6.61. The van der Waals surface area contributed by atoms with Gasteiger partial charge in [-0.2, -0.15) is 26.3 Å². The van der Waals surface area contributed by atoms with Gasteiger partial charge in [0.05, 0.1) is 13.1 Å². The van der Waals surface area contributed by atoms with Crippen LogP contribution in [0.3, 0.4) is 0 Å². The first-order valence-corrected chi connectivity index (χ1v) is 3.47. The number of amides is 1. The van der Waals surface area contributed by atoms with E-state index in [1.165, 1.54) is 0 Å². The molecule has 0 atom stereocenters. The summed E-state index contributed by atoms with van der Waals surface area (Å²) in [6, 6.07) is 0. The van der Waals surface area contributed by atoms with E-state index in [2.05, 4.69) is 0 Å². The highest BCUT2D eigenvalue weighted by Crippen LogP contribution is 2.48. The van der Waals surface area contributed by atoms with Gasteiger partial charge in [-0.05, 0) is 0 Å². The highest BCUT2D eigenvalue weighted by molar-refractivity contribution is 5.48. The molecule has 1 amide bonds. The van der Waals surface area contributed by atoms with Crippen LogP contribution in [-0.2, 0) is 4.79 Å². The Morgan fingerprint density at radius 1 is 0.929 bits per heavy atom. The van der Waals surface area contributed by atoms with Crippen LogP contribution in [0.1, 0.15) is 0 Å². The van der Waals surface area contributed by atoms with Crippen molar-refractivity contribution in [1.29, 1.82) is 0 Å². The predicted molar refractivity (Wildman–Crippen MR) is 32.5 cm³/mol. The van der Waals surface area contributed by atoms with Crippen molar-refractivity contribution >= 4 is 6.41 Å². The first-order chi connectivity index (χ1) is 6.14. The van der Waals surface area contributed by atoms with Crippen LogP contribution in [0.2, 0.25) is 0 Å². The molecule has 1 heterocycles. The topological polar surface area (TPSA) is 20.3 Å². The molecule has 1 saturated heterocycles. The van der Waals surface area contributed by atoms with E-state index in [1.807, 2.05) is 0 Å². The summed E-state index contributed by atoms with van der Waals surface area (Å²) >= 11 is 0. The highest BCUT2D eigenvalue weighted by Gasteiger charge is 2.74. The molecule has 0 aromatic rings. The van der Waals surface area contributed by atoms with Crippen molar-refractivity contribution in [3.05, 3.63) is 0 Å². The lowest BCUT2D eigenvalue weighted by molar-refractivity contribution is -0.334. The molecule has 0 aliphatic carbocycles. The summed E-state index contributed by atoms with van der Waals surface area (Å²) < 4.78 is 74.8. The molecule has 1 fully saturated rings. The van der Waals surface area contributed by atoms with Gasteiger partial charge in [-0.3, -0.25) is 4.79 Å². The number of hydrogen-bond donors (Lipinski definition) is 0. The summed E-state index contributed by atoms with van der Waals surface area (Å²) in [7, 11) is 0. The van der Waals surface area contributed by atoms with Crippen molar-refractivity contribution in [2.75, 3.05) is 13.1 Å². The Kier molecular flexibility index (Phi) is 2.20. The highest BCUT2D eigenvalue weighted by atomic mass is 19.3. The second kappa shape index (κ2) is 2.77. The molecular weight excluding hydrogens is 216 g/mol. The normalized spacial score (nSPS) is 28.6. The van der Waals surface area contributed by atoms with Gasteiger partial charge >= 0.3 is 17.8 Å². The fourth-order valence-electron chi connectivity index (χ4n) is 1.11. The summed E-state index contributed by atoms with van der Waals surface area (Å²) in [5, 5.41) is 0. The maximum atomic E-state index is 12.5. The molecule has 0 saturated carbocycles. The second-order valence-electron chi connectivity index (χ2n) is 2.99. The van der Waals surface area contributed by atoms with Crippen molar-refractivity contribution in [1.82, 2.24) is 4.90 Å². The van der Waals surface area contributed by atoms with E-state index in [4.69, 9.17) is 0 Å². The number of carbonyl (C=O) groups excluding carboxylic acids is 1. The van der Waals surface area contributed by atoms with E-state index in [0.717, 1.165) is 0 Å². The molecule has 0 unspecified atom stereocenters. The molecule has 0 radical (unpaired) electrons. The minimum atomic E-state index is -5.42. The number of carbonyl (C=O) groups is 1. The van der Waals surface area contributed by atoms with Crippen molar-refractivity contribution in [3.8, 4) is 0 Å². The molecule has 0 N–H and O–H groups in total. The van der Waals surface area contributed by atoms with Gasteiger partial charge in [-0.25, -0.2) is 0 Å². The molecule has 0 aromatic carbocycles. The van der Waals surface area contributed by atoms with E-state index in [0.29, 0.717) is 0 Å². The van der Waals surface area contributed by atoms with Gasteiger partial charge in [-0.15, -0.1) is 0 Å². The van der Waals surface area contributed by atoms with E-state index < -0.39 is 30.9 Å². The lowest BCUT2D eigenvalue weighted by Gasteiger charge is -2.41. The monoisotopic (exact) mass is 221 g/mol. The van der Waals surface area contributed by atoms with E-state index >= 15 is 0 Å². The minimum absolute atomic E-state index is 0.0720. The maximum Gasteiger partial charge on any atom is 0.375 e. The van der Waals surface area contributed by atoms with E-state index in [1.54, 1.807) is 0 Å². The zero-order valence-electron chi connectivity index (χ0n) is 6.61. The summed E-state index contributed by atoms with van der Waals surface area (Å²) in [6.07, 6.45) is -0.308. The first kappa shape index (κ1) is 11.1. The van der Waals surface area contributed by atoms with Gasteiger partial charge in [0, 0.05) is 0 Å². The van der Waals surface area contributed by atoms with Crippen molar-refractivity contribution in [2.45, 2.75) is 17.8 Å². The Labute approximate surface area is 74.5 Å². The fraction of sp³-hybridized carbons (Fsp3) is 0.833. The quantitative estimate of drug-likeness (QED) is 0.483. The summed E-state index contributed by atoms with van der Waals surface area (Å²) in [6.45, 7) is -3.39. The van der Waals surface area contributed by atoms with Crippen LogP contribution in [0.4, 0.5) is 26.3 Å². The molecule has 0 aromatic heterocycles. The van der Waals surface area contributed by atoms with Crippen molar-refractivity contribution in [2.24, 2.45) is 0 Å². The van der Waals surface area contributed by atoms with Crippen LogP contribution in [0, 0.1) is 0 Å². The van der Waals surface area contributed by atoms with Crippen LogP contribution >= 0.6 is 0 Å². The Morgan fingerprint density at radius 3 is 1.57 bits per heavy atom. The average molecular weight is 221 g/mol. The first-order valence-electron chi connectivity index (χ1n) is 3.47. The number of rotatable bonds is 1. The molecule has 14 heavy (non-hydrogen) atoms.